The first-order valence-electron chi connectivity index (χ1n) is 8.25. The molecule has 0 aliphatic rings. The Morgan fingerprint density at radius 3 is 2.30 bits per heavy atom. The normalized spacial score (nSPS) is 10.0. The maximum absolute atomic E-state index is 11.8. The number of carbonyl (C=O) groups is 3. The van der Waals surface area contributed by atoms with Crippen molar-refractivity contribution in [1.29, 1.82) is 0 Å². The smallest absolute Gasteiger partial charge is 0.276 e. The van der Waals surface area contributed by atoms with Crippen LogP contribution in [-0.4, -0.2) is 37.5 Å². The summed E-state index contributed by atoms with van der Waals surface area (Å²) < 4.78 is 15.8. The quantitative estimate of drug-likeness (QED) is 0.591. The second kappa shape index (κ2) is 9.85. The molecule has 0 saturated heterocycles. The Hall–Kier alpha value is -3.49. The highest BCUT2D eigenvalue weighted by Gasteiger charge is 2.13. The summed E-state index contributed by atoms with van der Waals surface area (Å²) in [7, 11) is 0. The summed E-state index contributed by atoms with van der Waals surface area (Å²) in [5.41, 5.74) is 4.73. The zero-order valence-electron chi connectivity index (χ0n) is 15.0. The number of nitrogens with one attached hydrogen (secondary N) is 3. The standard InChI is InChI=1S/C18H21N3O6/c1-3-25-14-6-4-5-7-15(14)27-11-17(23)21-20-16(22)10-19-18(24)13-8-9-26-12(13)2/h4-9H,3,10-11H2,1-2H3,(H,19,24)(H,20,22)(H,21,23). The zero-order chi connectivity index (χ0) is 19.6. The summed E-state index contributed by atoms with van der Waals surface area (Å²) in [6.07, 6.45) is 1.38. The van der Waals surface area contributed by atoms with Gasteiger partial charge in [0.25, 0.3) is 17.7 Å². The van der Waals surface area contributed by atoms with Crippen molar-refractivity contribution in [3.63, 3.8) is 0 Å². The van der Waals surface area contributed by atoms with Gasteiger partial charge in [-0.05, 0) is 32.0 Å². The molecule has 1 heterocycles. The van der Waals surface area contributed by atoms with E-state index in [9.17, 15) is 14.4 Å². The highest BCUT2D eigenvalue weighted by molar-refractivity contribution is 5.97. The van der Waals surface area contributed by atoms with Gasteiger partial charge in [-0.15, -0.1) is 0 Å². The Bertz CT molecular complexity index is 802. The number of ether oxygens (including phenoxy) is 2. The first-order chi connectivity index (χ1) is 13.0. The molecule has 1 aromatic heterocycles. The van der Waals surface area contributed by atoms with Gasteiger partial charge in [-0.2, -0.15) is 0 Å². The molecule has 0 atom stereocenters. The van der Waals surface area contributed by atoms with Gasteiger partial charge < -0.3 is 19.2 Å². The van der Waals surface area contributed by atoms with Crippen molar-refractivity contribution in [3.8, 4) is 11.5 Å². The van der Waals surface area contributed by atoms with E-state index in [2.05, 4.69) is 16.2 Å². The minimum atomic E-state index is -0.590. The van der Waals surface area contributed by atoms with E-state index >= 15 is 0 Å². The molecule has 3 N–H and O–H groups in total. The van der Waals surface area contributed by atoms with E-state index in [4.69, 9.17) is 13.9 Å². The molecule has 9 nitrogen and oxygen atoms in total. The monoisotopic (exact) mass is 375 g/mol. The van der Waals surface area contributed by atoms with Gasteiger partial charge in [0.2, 0.25) is 0 Å². The first-order valence-corrected chi connectivity index (χ1v) is 8.25. The first kappa shape index (κ1) is 19.8. The number of aryl methyl sites for hydroxylation is 1. The van der Waals surface area contributed by atoms with Crippen molar-refractivity contribution in [2.45, 2.75) is 13.8 Å². The lowest BCUT2D eigenvalue weighted by Gasteiger charge is -2.12. The predicted molar refractivity (Wildman–Crippen MR) is 95.2 cm³/mol. The number of benzene rings is 1. The zero-order valence-corrected chi connectivity index (χ0v) is 15.0. The molecule has 0 radical (unpaired) electrons. The summed E-state index contributed by atoms with van der Waals surface area (Å²) in [6.45, 7) is 3.32. The minimum absolute atomic E-state index is 0.308. The molecule has 0 unspecified atom stereocenters. The van der Waals surface area contributed by atoms with Crippen LogP contribution in [0.4, 0.5) is 0 Å². The average Bonchev–Trinajstić information content (AvgIpc) is 3.10. The molecule has 2 aromatic rings. The molecule has 0 aliphatic heterocycles. The summed E-state index contributed by atoms with van der Waals surface area (Å²) in [5.74, 6) is -0.207. The van der Waals surface area contributed by atoms with E-state index in [-0.39, 0.29) is 13.2 Å². The van der Waals surface area contributed by atoms with Crippen LogP contribution in [0.25, 0.3) is 0 Å². The summed E-state index contributed by atoms with van der Waals surface area (Å²) in [6, 6.07) is 8.44. The highest BCUT2D eigenvalue weighted by Crippen LogP contribution is 2.26. The molecule has 0 spiro atoms. The lowest BCUT2D eigenvalue weighted by molar-refractivity contribution is -0.129. The van der Waals surface area contributed by atoms with Crippen LogP contribution in [-0.2, 0) is 9.59 Å². The van der Waals surface area contributed by atoms with Crippen molar-refractivity contribution in [2.75, 3.05) is 19.8 Å². The van der Waals surface area contributed by atoms with E-state index in [1.54, 1.807) is 31.2 Å². The van der Waals surface area contributed by atoms with E-state index in [0.717, 1.165) is 0 Å². The van der Waals surface area contributed by atoms with Gasteiger partial charge in [-0.3, -0.25) is 25.2 Å². The van der Waals surface area contributed by atoms with Crippen LogP contribution >= 0.6 is 0 Å². The lowest BCUT2D eigenvalue weighted by Crippen LogP contribution is -2.47. The largest absolute Gasteiger partial charge is 0.490 e. The van der Waals surface area contributed by atoms with Gasteiger partial charge in [0.05, 0.1) is 25.0 Å². The minimum Gasteiger partial charge on any atom is -0.490 e. The molecule has 2 rings (SSSR count). The van der Waals surface area contributed by atoms with E-state index in [1.165, 1.54) is 12.3 Å². The molecule has 1 aromatic carbocycles. The van der Waals surface area contributed by atoms with Crippen LogP contribution in [0.3, 0.4) is 0 Å². The fourth-order valence-corrected chi connectivity index (χ4v) is 2.08. The number of hydrogen-bond acceptors (Lipinski definition) is 6. The Morgan fingerprint density at radius 2 is 1.67 bits per heavy atom. The Morgan fingerprint density at radius 1 is 1.00 bits per heavy atom. The number of rotatable bonds is 8. The van der Waals surface area contributed by atoms with E-state index in [1.807, 2.05) is 6.92 Å². The third kappa shape index (κ3) is 6.07. The third-order valence-electron chi connectivity index (χ3n) is 3.36. The van der Waals surface area contributed by atoms with Crippen molar-refractivity contribution < 1.29 is 28.3 Å². The molecule has 0 saturated carbocycles. The number of para-hydroxylation sites is 2. The van der Waals surface area contributed by atoms with E-state index in [0.29, 0.717) is 29.4 Å². The van der Waals surface area contributed by atoms with Crippen LogP contribution in [0.2, 0.25) is 0 Å². The van der Waals surface area contributed by atoms with E-state index < -0.39 is 17.7 Å². The van der Waals surface area contributed by atoms with Crippen molar-refractivity contribution in [2.24, 2.45) is 0 Å². The van der Waals surface area contributed by atoms with Gasteiger partial charge in [0, 0.05) is 0 Å². The van der Waals surface area contributed by atoms with Crippen LogP contribution in [0.5, 0.6) is 11.5 Å². The molecule has 0 aliphatic carbocycles. The lowest BCUT2D eigenvalue weighted by atomic mass is 10.2. The number of amides is 3. The van der Waals surface area contributed by atoms with Crippen LogP contribution < -0.4 is 25.6 Å². The number of hydrogen-bond donors (Lipinski definition) is 3. The van der Waals surface area contributed by atoms with Gasteiger partial charge >= 0.3 is 0 Å². The Kier molecular flexibility index (Phi) is 7.24. The second-order valence-corrected chi connectivity index (χ2v) is 5.34. The second-order valence-electron chi connectivity index (χ2n) is 5.34. The topological polar surface area (TPSA) is 119 Å². The molecular formula is C18H21N3O6. The molecule has 3 amide bonds. The van der Waals surface area contributed by atoms with Crippen LogP contribution in [0.15, 0.2) is 41.0 Å². The number of carbonyl (C=O) groups excluding carboxylic acids is 3. The maximum Gasteiger partial charge on any atom is 0.276 e. The third-order valence-corrected chi connectivity index (χ3v) is 3.36. The molecule has 0 bridgehead atoms. The maximum atomic E-state index is 11.8. The summed E-state index contributed by atoms with van der Waals surface area (Å²) in [5, 5.41) is 2.42. The van der Waals surface area contributed by atoms with Crippen molar-refractivity contribution in [3.05, 3.63) is 47.9 Å². The fourth-order valence-electron chi connectivity index (χ4n) is 2.08. The SMILES string of the molecule is CCOc1ccccc1OCC(=O)NNC(=O)CNC(=O)c1ccoc1C. The number of hydrazine groups is 1. The molecule has 27 heavy (non-hydrogen) atoms. The Labute approximate surface area is 156 Å². The van der Waals surface area contributed by atoms with Gasteiger partial charge in [0.15, 0.2) is 18.1 Å². The van der Waals surface area contributed by atoms with Gasteiger partial charge in [-0.1, -0.05) is 12.1 Å². The summed E-state index contributed by atoms with van der Waals surface area (Å²) >= 11 is 0. The van der Waals surface area contributed by atoms with Crippen LogP contribution in [0, 0.1) is 6.92 Å². The molecule has 9 heteroatoms. The van der Waals surface area contributed by atoms with Crippen LogP contribution in [0.1, 0.15) is 23.0 Å². The van der Waals surface area contributed by atoms with Crippen molar-refractivity contribution >= 4 is 17.7 Å². The van der Waals surface area contributed by atoms with Crippen molar-refractivity contribution in [1.82, 2.24) is 16.2 Å². The number of furan rings is 1. The average molecular weight is 375 g/mol. The van der Waals surface area contributed by atoms with Gasteiger partial charge in [0.1, 0.15) is 5.76 Å². The predicted octanol–water partition coefficient (Wildman–Crippen LogP) is 0.943. The molecule has 0 fully saturated rings. The Balaban J connectivity index is 1.70. The van der Waals surface area contributed by atoms with Gasteiger partial charge in [-0.25, -0.2) is 0 Å². The summed E-state index contributed by atoms with van der Waals surface area (Å²) in [4.78, 5) is 35.3. The highest BCUT2D eigenvalue weighted by atomic mass is 16.5. The molecule has 144 valence electrons. The molecular weight excluding hydrogens is 354 g/mol. The fraction of sp³-hybridized carbons (Fsp3) is 0.278.